The number of fused-ring (bicyclic) bond motifs is 5. The number of rotatable bonds is 4. The van der Waals surface area contributed by atoms with Crippen LogP contribution in [0.25, 0.3) is 0 Å². The molecule has 0 amide bonds. The summed E-state index contributed by atoms with van der Waals surface area (Å²) in [5.74, 6) is 0. The smallest absolute Gasteiger partial charge is 0.343 e. The molecule has 4 aromatic carbocycles. The van der Waals surface area contributed by atoms with Gasteiger partial charge >= 0.3 is 7.60 Å². The van der Waals surface area contributed by atoms with E-state index in [-0.39, 0.29) is 5.41 Å². The van der Waals surface area contributed by atoms with Crippen LogP contribution in [-0.2, 0) is 34.7 Å². The van der Waals surface area contributed by atoms with Crippen molar-refractivity contribution in [1.82, 2.24) is 0 Å². The fraction of sp³-hybridized carbons (Fsp3) is 0.257. The molecule has 3 heterocycles. The van der Waals surface area contributed by atoms with Crippen LogP contribution < -0.4 is 0 Å². The van der Waals surface area contributed by atoms with Gasteiger partial charge < -0.3 is 13.8 Å². The van der Waals surface area contributed by atoms with E-state index in [2.05, 4.69) is 69.3 Å². The van der Waals surface area contributed by atoms with Crippen LogP contribution in [-0.4, -0.2) is 13.2 Å². The molecule has 3 atom stereocenters. The van der Waals surface area contributed by atoms with Gasteiger partial charge in [0.1, 0.15) is 11.2 Å². The molecule has 0 radical (unpaired) electrons. The fourth-order valence-corrected chi connectivity index (χ4v) is 10.2. The quantitative estimate of drug-likeness (QED) is 0.190. The number of benzene rings is 4. The zero-order valence-electron chi connectivity index (χ0n) is 23.1. The normalized spacial score (nSPS) is 29.7. The number of aryl methyl sites for hydroxylation is 1. The van der Waals surface area contributed by atoms with Gasteiger partial charge in [0.2, 0.25) is 0 Å². The molecule has 0 unspecified atom stereocenters. The van der Waals surface area contributed by atoms with Crippen LogP contribution in [0, 0.1) is 12.3 Å². The monoisotopic (exact) mass is 548 g/mol. The first kappa shape index (κ1) is 25.7. The van der Waals surface area contributed by atoms with Gasteiger partial charge in [-0.2, -0.15) is 0 Å². The lowest BCUT2D eigenvalue weighted by molar-refractivity contribution is -0.0525. The van der Waals surface area contributed by atoms with Gasteiger partial charge in [0.15, 0.2) is 5.16 Å². The van der Waals surface area contributed by atoms with Crippen molar-refractivity contribution in [3.63, 3.8) is 0 Å². The lowest BCUT2D eigenvalue weighted by atomic mass is 9.61. The Morgan fingerprint density at radius 3 is 1.80 bits per heavy atom. The highest BCUT2D eigenvalue weighted by molar-refractivity contribution is 7.55. The standard InChI is InChI=1S/C35H33O4P/c1-25-19-21-29(22-20-25)35(40(36)37-23-32(3,4)24-38-40)26(2)33(27-13-7-5-8-14-27)30-17-11-12-18-31(30)34(35,39-33)28-15-9-6-10-16-28/h5-22H,2,23-24H2,1,3-4H3/t33-,34+,35-/m0/s1. The topological polar surface area (TPSA) is 44.8 Å². The number of ether oxygens (including phenoxy) is 1. The molecule has 0 aliphatic carbocycles. The molecule has 2 saturated heterocycles. The molecule has 7 rings (SSSR count). The Hall–Kier alpha value is -3.27. The summed E-state index contributed by atoms with van der Waals surface area (Å²) >= 11 is 0. The largest absolute Gasteiger partial charge is 0.349 e. The number of hydrogen-bond donors (Lipinski definition) is 0. The van der Waals surface area contributed by atoms with Crippen LogP contribution in [0.1, 0.15) is 47.2 Å². The highest BCUT2D eigenvalue weighted by Crippen LogP contribution is 2.85. The highest BCUT2D eigenvalue weighted by Gasteiger charge is 2.82. The molecule has 202 valence electrons. The second kappa shape index (κ2) is 8.61. The van der Waals surface area contributed by atoms with Crippen molar-refractivity contribution < 1.29 is 18.3 Å². The van der Waals surface area contributed by atoms with Crippen molar-refractivity contribution in [2.75, 3.05) is 13.2 Å². The van der Waals surface area contributed by atoms with Crippen LogP contribution in [0.2, 0.25) is 0 Å². The van der Waals surface area contributed by atoms with Gasteiger partial charge in [-0.1, -0.05) is 135 Å². The summed E-state index contributed by atoms with van der Waals surface area (Å²) < 4.78 is 36.3. The maximum Gasteiger partial charge on any atom is 0.349 e. The van der Waals surface area contributed by atoms with Crippen molar-refractivity contribution in [3.8, 4) is 0 Å². The van der Waals surface area contributed by atoms with Crippen molar-refractivity contribution in [2.24, 2.45) is 5.41 Å². The maximum absolute atomic E-state index is 15.7. The van der Waals surface area contributed by atoms with Gasteiger partial charge in [0.25, 0.3) is 0 Å². The van der Waals surface area contributed by atoms with Crippen molar-refractivity contribution >= 4 is 7.60 Å². The summed E-state index contributed by atoms with van der Waals surface area (Å²) in [5.41, 5.74) is 3.76. The summed E-state index contributed by atoms with van der Waals surface area (Å²) in [7, 11) is -3.98. The second-order valence-electron chi connectivity index (χ2n) is 12.0. The Morgan fingerprint density at radius 2 is 1.20 bits per heavy atom. The Bertz CT molecular complexity index is 1650. The van der Waals surface area contributed by atoms with E-state index < -0.39 is 24.0 Å². The van der Waals surface area contributed by atoms with Crippen LogP contribution >= 0.6 is 7.60 Å². The first-order valence-electron chi connectivity index (χ1n) is 13.8. The Labute approximate surface area is 236 Å². The molecular weight excluding hydrogens is 515 g/mol. The minimum atomic E-state index is -3.98. The molecule has 3 aliphatic rings. The summed E-state index contributed by atoms with van der Waals surface area (Å²) in [4.78, 5) is 0. The van der Waals surface area contributed by atoms with Gasteiger partial charge in [-0.15, -0.1) is 0 Å². The average Bonchev–Trinajstić information content (AvgIpc) is 3.43. The molecule has 4 nitrogen and oxygen atoms in total. The van der Waals surface area contributed by atoms with Gasteiger partial charge in [-0.25, -0.2) is 0 Å². The molecule has 5 heteroatoms. The van der Waals surface area contributed by atoms with Gasteiger partial charge in [0.05, 0.1) is 13.2 Å². The van der Waals surface area contributed by atoms with E-state index in [1.54, 1.807) is 0 Å². The summed E-state index contributed by atoms with van der Waals surface area (Å²) in [6.07, 6.45) is 0. The van der Waals surface area contributed by atoms with Crippen LogP contribution in [0.3, 0.4) is 0 Å². The zero-order valence-corrected chi connectivity index (χ0v) is 24.0. The van der Waals surface area contributed by atoms with E-state index in [9.17, 15) is 0 Å². The van der Waals surface area contributed by atoms with E-state index in [4.69, 9.17) is 20.4 Å². The van der Waals surface area contributed by atoms with Crippen molar-refractivity contribution in [3.05, 3.63) is 155 Å². The molecule has 3 aliphatic heterocycles. The molecule has 2 fully saturated rings. The third-order valence-corrected chi connectivity index (χ3v) is 11.5. The minimum absolute atomic E-state index is 0.281. The lowest BCUT2D eigenvalue weighted by Crippen LogP contribution is -2.51. The maximum atomic E-state index is 15.7. The average molecular weight is 549 g/mol. The van der Waals surface area contributed by atoms with E-state index in [0.717, 1.165) is 33.4 Å². The van der Waals surface area contributed by atoms with E-state index in [1.807, 2.05) is 60.7 Å². The van der Waals surface area contributed by atoms with Gasteiger partial charge in [0, 0.05) is 5.41 Å². The van der Waals surface area contributed by atoms with E-state index in [0.29, 0.717) is 18.8 Å². The van der Waals surface area contributed by atoms with E-state index >= 15 is 4.57 Å². The predicted octanol–water partition coefficient (Wildman–Crippen LogP) is 8.24. The second-order valence-corrected chi connectivity index (χ2v) is 14.2. The molecular formula is C35H33O4P. The van der Waals surface area contributed by atoms with E-state index in [1.165, 1.54) is 0 Å². The summed E-state index contributed by atoms with van der Waals surface area (Å²) in [5, 5.41) is -1.37. The Morgan fingerprint density at radius 1 is 0.675 bits per heavy atom. The molecule has 4 aromatic rings. The summed E-state index contributed by atoms with van der Waals surface area (Å²) in [6, 6.07) is 36.7. The molecule has 0 spiro atoms. The summed E-state index contributed by atoms with van der Waals surface area (Å²) in [6.45, 7) is 11.6. The van der Waals surface area contributed by atoms with Crippen LogP contribution in [0.15, 0.2) is 121 Å². The first-order valence-corrected chi connectivity index (χ1v) is 15.3. The first-order chi connectivity index (χ1) is 19.2. The fourth-order valence-electron chi connectivity index (χ4n) is 7.04. The SMILES string of the molecule is C=C1[C@@]2(c3ccccc3)O[C@](c3ccccc3)(c3ccccc32)[C@]1(c1ccc(C)cc1)P1(=O)OCC(C)(C)CO1. The third kappa shape index (κ3) is 3.05. The van der Waals surface area contributed by atoms with Gasteiger partial charge in [-0.05, 0) is 40.3 Å². The Balaban J connectivity index is 1.67. The number of hydrogen-bond acceptors (Lipinski definition) is 4. The highest BCUT2D eigenvalue weighted by atomic mass is 31.2. The molecule has 0 saturated carbocycles. The Kier molecular flexibility index (Phi) is 5.53. The lowest BCUT2D eigenvalue weighted by Gasteiger charge is -2.52. The minimum Gasteiger partial charge on any atom is -0.343 e. The zero-order chi connectivity index (χ0) is 27.8. The molecule has 40 heavy (non-hydrogen) atoms. The molecule has 0 aromatic heterocycles. The van der Waals surface area contributed by atoms with Crippen molar-refractivity contribution in [2.45, 2.75) is 37.1 Å². The van der Waals surface area contributed by atoms with Crippen LogP contribution in [0.4, 0.5) is 0 Å². The molecule has 0 N–H and O–H groups in total. The van der Waals surface area contributed by atoms with Crippen LogP contribution in [0.5, 0.6) is 0 Å². The molecule has 2 bridgehead atoms. The predicted molar refractivity (Wildman–Crippen MR) is 157 cm³/mol. The van der Waals surface area contributed by atoms with Crippen molar-refractivity contribution in [1.29, 1.82) is 0 Å². The van der Waals surface area contributed by atoms with Gasteiger partial charge in [-0.3, -0.25) is 4.57 Å². The third-order valence-electron chi connectivity index (χ3n) is 8.85.